The molecule has 2 unspecified atom stereocenters. The van der Waals surface area contributed by atoms with E-state index in [4.69, 9.17) is 9.84 Å². The van der Waals surface area contributed by atoms with E-state index in [1.54, 1.807) is 19.1 Å². The van der Waals surface area contributed by atoms with Gasteiger partial charge in [-0.1, -0.05) is 12.1 Å². The standard InChI is InChI=1S/C13H17FN2O4/c1-8(9-3-5-10(14)6-4-9)15-13(19)16-11(7-20-2)12(17)18/h3-6,8,11H,7H2,1-2H3,(H,17,18)(H2,15,16,19). The summed E-state index contributed by atoms with van der Waals surface area (Å²) in [5.41, 5.74) is 0.708. The number of carbonyl (C=O) groups excluding carboxylic acids is 1. The van der Waals surface area contributed by atoms with Crippen LogP contribution in [0.15, 0.2) is 24.3 Å². The third-order valence-electron chi connectivity index (χ3n) is 2.65. The molecular weight excluding hydrogens is 267 g/mol. The molecule has 0 bridgehead atoms. The van der Waals surface area contributed by atoms with Crippen molar-refractivity contribution in [1.82, 2.24) is 10.6 Å². The molecule has 3 N–H and O–H groups in total. The SMILES string of the molecule is COCC(NC(=O)NC(C)c1ccc(F)cc1)C(=O)O. The summed E-state index contributed by atoms with van der Waals surface area (Å²) in [6.07, 6.45) is 0. The molecule has 0 heterocycles. The van der Waals surface area contributed by atoms with Crippen LogP contribution in [0.3, 0.4) is 0 Å². The minimum atomic E-state index is -1.18. The summed E-state index contributed by atoms with van der Waals surface area (Å²) in [4.78, 5) is 22.5. The lowest BCUT2D eigenvalue weighted by Crippen LogP contribution is -2.48. The molecule has 0 aromatic heterocycles. The van der Waals surface area contributed by atoms with E-state index < -0.39 is 18.0 Å². The monoisotopic (exact) mass is 284 g/mol. The van der Waals surface area contributed by atoms with E-state index in [2.05, 4.69) is 10.6 Å². The minimum Gasteiger partial charge on any atom is -0.480 e. The largest absolute Gasteiger partial charge is 0.480 e. The van der Waals surface area contributed by atoms with Crippen molar-refractivity contribution in [2.24, 2.45) is 0 Å². The number of aliphatic carboxylic acids is 1. The van der Waals surface area contributed by atoms with Crippen molar-refractivity contribution in [3.63, 3.8) is 0 Å². The van der Waals surface area contributed by atoms with E-state index in [-0.39, 0.29) is 18.5 Å². The highest BCUT2D eigenvalue weighted by molar-refractivity contribution is 5.82. The Morgan fingerprint density at radius 1 is 1.30 bits per heavy atom. The summed E-state index contributed by atoms with van der Waals surface area (Å²) < 4.78 is 17.5. The zero-order chi connectivity index (χ0) is 15.1. The first-order valence-corrected chi connectivity index (χ1v) is 5.98. The number of hydrogen-bond acceptors (Lipinski definition) is 3. The zero-order valence-electron chi connectivity index (χ0n) is 11.2. The Morgan fingerprint density at radius 2 is 1.90 bits per heavy atom. The molecule has 0 fully saturated rings. The van der Waals surface area contributed by atoms with Gasteiger partial charge in [-0.05, 0) is 24.6 Å². The van der Waals surface area contributed by atoms with Gasteiger partial charge in [0.05, 0.1) is 12.6 Å². The van der Waals surface area contributed by atoms with Crippen molar-refractivity contribution in [3.8, 4) is 0 Å². The van der Waals surface area contributed by atoms with Gasteiger partial charge in [0.2, 0.25) is 0 Å². The number of hydrogen-bond donors (Lipinski definition) is 3. The van der Waals surface area contributed by atoms with Gasteiger partial charge in [0.25, 0.3) is 0 Å². The maximum absolute atomic E-state index is 12.8. The summed E-state index contributed by atoms with van der Waals surface area (Å²) >= 11 is 0. The molecule has 2 amide bonds. The maximum atomic E-state index is 12.8. The number of urea groups is 1. The molecule has 20 heavy (non-hydrogen) atoms. The third kappa shape index (κ3) is 4.85. The first-order valence-electron chi connectivity index (χ1n) is 5.98. The average molecular weight is 284 g/mol. The fourth-order valence-electron chi connectivity index (χ4n) is 1.57. The molecule has 0 radical (unpaired) electrons. The van der Waals surface area contributed by atoms with E-state index in [1.165, 1.54) is 19.2 Å². The van der Waals surface area contributed by atoms with Gasteiger partial charge in [-0.3, -0.25) is 0 Å². The van der Waals surface area contributed by atoms with Gasteiger partial charge in [-0.15, -0.1) is 0 Å². The van der Waals surface area contributed by atoms with Crippen molar-refractivity contribution in [1.29, 1.82) is 0 Å². The number of benzene rings is 1. The molecule has 0 aliphatic carbocycles. The van der Waals surface area contributed by atoms with Gasteiger partial charge in [0.1, 0.15) is 5.82 Å². The van der Waals surface area contributed by atoms with Gasteiger partial charge in [-0.25, -0.2) is 14.0 Å². The summed E-state index contributed by atoms with van der Waals surface area (Å²) in [5.74, 6) is -1.55. The van der Waals surface area contributed by atoms with Crippen LogP contribution in [0.5, 0.6) is 0 Å². The van der Waals surface area contributed by atoms with Crippen molar-refractivity contribution in [2.45, 2.75) is 19.0 Å². The first-order chi connectivity index (χ1) is 9.43. The van der Waals surface area contributed by atoms with E-state index in [9.17, 15) is 14.0 Å². The van der Waals surface area contributed by atoms with Crippen LogP contribution in [0.2, 0.25) is 0 Å². The molecule has 6 nitrogen and oxygen atoms in total. The van der Waals surface area contributed by atoms with Crippen LogP contribution < -0.4 is 10.6 Å². The van der Waals surface area contributed by atoms with E-state index in [0.717, 1.165) is 0 Å². The molecule has 1 rings (SSSR count). The number of rotatable bonds is 6. The number of amides is 2. The molecular formula is C13H17FN2O4. The number of nitrogens with one attached hydrogen (secondary N) is 2. The second kappa shape index (κ2) is 7.44. The topological polar surface area (TPSA) is 87.7 Å². The lowest BCUT2D eigenvalue weighted by Gasteiger charge is -2.18. The predicted molar refractivity (Wildman–Crippen MR) is 69.8 cm³/mol. The second-order valence-electron chi connectivity index (χ2n) is 4.24. The highest BCUT2D eigenvalue weighted by Gasteiger charge is 2.20. The van der Waals surface area contributed by atoms with Gasteiger partial charge < -0.3 is 20.5 Å². The van der Waals surface area contributed by atoms with Crippen molar-refractivity contribution < 1.29 is 23.8 Å². The van der Waals surface area contributed by atoms with Crippen LogP contribution in [0.1, 0.15) is 18.5 Å². The van der Waals surface area contributed by atoms with Gasteiger partial charge in [-0.2, -0.15) is 0 Å². The first kappa shape index (κ1) is 15.9. The summed E-state index contributed by atoms with van der Waals surface area (Å²) in [6, 6.07) is 3.53. The van der Waals surface area contributed by atoms with E-state index >= 15 is 0 Å². The van der Waals surface area contributed by atoms with Gasteiger partial charge in [0.15, 0.2) is 6.04 Å². The van der Waals surface area contributed by atoms with Gasteiger partial charge in [0, 0.05) is 7.11 Å². The minimum absolute atomic E-state index is 0.131. The fourth-order valence-corrected chi connectivity index (χ4v) is 1.57. The normalized spacial score (nSPS) is 13.3. The van der Waals surface area contributed by atoms with Crippen molar-refractivity contribution in [3.05, 3.63) is 35.6 Å². The lowest BCUT2D eigenvalue weighted by atomic mass is 10.1. The van der Waals surface area contributed by atoms with Crippen molar-refractivity contribution in [2.75, 3.05) is 13.7 Å². The zero-order valence-corrected chi connectivity index (χ0v) is 11.2. The number of carboxylic acid groups (broad SMARTS) is 1. The molecule has 7 heteroatoms. The molecule has 0 aliphatic heterocycles. The molecule has 0 saturated carbocycles. The van der Waals surface area contributed by atoms with Crippen LogP contribution in [-0.2, 0) is 9.53 Å². The molecule has 1 aromatic carbocycles. The molecule has 0 aliphatic rings. The van der Waals surface area contributed by atoms with Crippen LogP contribution in [0, 0.1) is 5.82 Å². The van der Waals surface area contributed by atoms with Gasteiger partial charge >= 0.3 is 12.0 Å². The predicted octanol–water partition coefficient (Wildman–Crippen LogP) is 1.29. The van der Waals surface area contributed by atoms with Crippen LogP contribution in [0.25, 0.3) is 0 Å². The Hall–Kier alpha value is -2.15. The van der Waals surface area contributed by atoms with Crippen LogP contribution in [0.4, 0.5) is 9.18 Å². The van der Waals surface area contributed by atoms with Crippen molar-refractivity contribution >= 4 is 12.0 Å². The summed E-state index contributed by atoms with van der Waals surface area (Å²) in [6.45, 7) is 1.58. The molecule has 2 atom stereocenters. The Morgan fingerprint density at radius 3 is 2.40 bits per heavy atom. The lowest BCUT2D eigenvalue weighted by molar-refractivity contribution is -0.140. The Kier molecular flexibility index (Phi) is 5.92. The van der Waals surface area contributed by atoms with E-state index in [1.807, 2.05) is 0 Å². The average Bonchev–Trinajstić information content (AvgIpc) is 2.38. The van der Waals surface area contributed by atoms with E-state index in [0.29, 0.717) is 5.56 Å². The number of methoxy groups -OCH3 is 1. The smallest absolute Gasteiger partial charge is 0.328 e. The van der Waals surface area contributed by atoms with Crippen LogP contribution >= 0.6 is 0 Å². The Labute approximate surface area is 115 Å². The van der Waals surface area contributed by atoms with Crippen LogP contribution in [-0.4, -0.2) is 36.9 Å². The third-order valence-corrected chi connectivity index (χ3v) is 2.65. The Bertz CT molecular complexity index is 464. The highest BCUT2D eigenvalue weighted by atomic mass is 19.1. The molecule has 0 saturated heterocycles. The maximum Gasteiger partial charge on any atom is 0.328 e. The second-order valence-corrected chi connectivity index (χ2v) is 4.24. The highest BCUT2D eigenvalue weighted by Crippen LogP contribution is 2.12. The Balaban J connectivity index is 2.56. The molecule has 0 spiro atoms. The number of ether oxygens (including phenoxy) is 1. The number of carboxylic acids is 1. The fraction of sp³-hybridized carbons (Fsp3) is 0.385. The molecule has 1 aromatic rings. The summed E-state index contributed by atoms with van der Waals surface area (Å²) in [7, 11) is 1.34. The number of carbonyl (C=O) groups is 2. The number of halogens is 1. The quantitative estimate of drug-likeness (QED) is 0.734. The summed E-state index contributed by atoms with van der Waals surface area (Å²) in [5, 5.41) is 13.7. The molecule has 110 valence electrons.